The number of hydrogen-bond acceptors (Lipinski definition) is 3. The first-order valence-electron chi connectivity index (χ1n) is 9.38. The molecule has 2 unspecified atom stereocenters. The molecule has 1 aromatic carbocycles. The van der Waals surface area contributed by atoms with E-state index in [4.69, 9.17) is 0 Å². The summed E-state index contributed by atoms with van der Waals surface area (Å²) in [6, 6.07) is 8.05. The molecule has 8 heteroatoms. The molecule has 0 fully saturated rings. The number of benzene rings is 1. The fourth-order valence-electron chi connectivity index (χ4n) is 3.63. The summed E-state index contributed by atoms with van der Waals surface area (Å²) in [7, 11) is -1.14. The number of alkyl halides is 3. The van der Waals surface area contributed by atoms with E-state index in [-0.39, 0.29) is 11.8 Å². The van der Waals surface area contributed by atoms with Crippen molar-refractivity contribution < 1.29 is 17.4 Å². The maximum Gasteiger partial charge on any atom is 0.416 e. The summed E-state index contributed by atoms with van der Waals surface area (Å²) >= 11 is 1.72. The summed E-state index contributed by atoms with van der Waals surface area (Å²) in [5.41, 5.74) is 1.94. The lowest BCUT2D eigenvalue weighted by molar-refractivity contribution is -0.137. The Bertz CT molecular complexity index is 1040. The molecule has 2 atom stereocenters. The lowest BCUT2D eigenvalue weighted by Gasteiger charge is -2.23. The molecule has 0 saturated carbocycles. The zero-order chi connectivity index (χ0) is 20.4. The number of rotatable bonds is 6. The van der Waals surface area contributed by atoms with Gasteiger partial charge in [0.25, 0.3) is 0 Å². The van der Waals surface area contributed by atoms with E-state index < -0.39 is 22.5 Å². The number of thiophene rings is 1. The third-order valence-electron chi connectivity index (χ3n) is 5.16. The highest BCUT2D eigenvalue weighted by Gasteiger charge is 2.30. The fourth-order valence-corrected chi connectivity index (χ4v) is 5.69. The minimum absolute atomic E-state index is 0.252. The first kappa shape index (κ1) is 20.4. The Morgan fingerprint density at radius 1 is 1.24 bits per heavy atom. The van der Waals surface area contributed by atoms with Crippen LogP contribution in [0.2, 0.25) is 0 Å². The van der Waals surface area contributed by atoms with Gasteiger partial charge in [0.15, 0.2) is 0 Å². The largest absolute Gasteiger partial charge is 0.416 e. The van der Waals surface area contributed by atoms with Crippen LogP contribution >= 0.6 is 11.3 Å². The van der Waals surface area contributed by atoms with E-state index in [0.717, 1.165) is 31.5 Å². The van der Waals surface area contributed by atoms with Gasteiger partial charge in [0, 0.05) is 51.1 Å². The minimum Gasteiger partial charge on any atom is -0.361 e. The monoisotopic (exact) mass is 438 g/mol. The summed E-state index contributed by atoms with van der Waals surface area (Å²) in [6.07, 6.45) is 1.15. The normalized spacial score (nSPS) is 18.7. The van der Waals surface area contributed by atoms with Crippen molar-refractivity contribution in [1.82, 2.24) is 10.3 Å². The topological polar surface area (TPSA) is 44.9 Å². The number of aromatic amines is 1. The van der Waals surface area contributed by atoms with Crippen molar-refractivity contribution in [1.29, 1.82) is 0 Å². The van der Waals surface area contributed by atoms with Gasteiger partial charge in [-0.2, -0.15) is 13.2 Å². The fraction of sp³-hybridized carbons (Fsp3) is 0.333. The van der Waals surface area contributed by atoms with Crippen molar-refractivity contribution in [2.75, 3.05) is 12.3 Å². The van der Waals surface area contributed by atoms with E-state index in [1.54, 1.807) is 17.5 Å². The molecule has 29 heavy (non-hydrogen) atoms. The van der Waals surface area contributed by atoms with Crippen molar-refractivity contribution >= 4 is 38.6 Å². The smallest absolute Gasteiger partial charge is 0.361 e. The molecule has 0 saturated heterocycles. The Labute approximate surface area is 173 Å². The molecule has 3 nitrogen and oxygen atoms in total. The van der Waals surface area contributed by atoms with Crippen molar-refractivity contribution in [2.45, 2.75) is 30.8 Å². The van der Waals surface area contributed by atoms with E-state index in [1.165, 1.54) is 16.5 Å². The maximum absolute atomic E-state index is 13.0. The van der Waals surface area contributed by atoms with Crippen LogP contribution in [0.15, 0.2) is 48.0 Å². The lowest BCUT2D eigenvalue weighted by atomic mass is 9.99. The Kier molecular flexibility index (Phi) is 5.94. The lowest BCUT2D eigenvalue weighted by Crippen LogP contribution is -2.34. The highest BCUT2D eigenvalue weighted by atomic mass is 32.2. The summed E-state index contributed by atoms with van der Waals surface area (Å²) in [5, 5.41) is 6.00. The second-order valence-corrected chi connectivity index (χ2v) is 9.69. The SMILES string of the molecule is O=S(CCC1CC(c2cccs2)=CCN1)Cc1c[nH]c2ccc(C(F)(F)F)cc12. The zero-order valence-electron chi connectivity index (χ0n) is 15.6. The quantitative estimate of drug-likeness (QED) is 0.546. The van der Waals surface area contributed by atoms with Gasteiger partial charge in [-0.05, 0) is 53.6 Å². The Balaban J connectivity index is 1.37. The zero-order valence-corrected chi connectivity index (χ0v) is 17.2. The standard InChI is InChI=1S/C21H21F3N2OS2/c22-21(23,24)16-3-4-19-18(11-16)15(12-26-19)13-29(27)9-6-17-10-14(5-7-25-17)20-2-1-8-28-20/h1-5,8,11-12,17,25-26H,6-7,9-10,13H2. The minimum atomic E-state index is -4.39. The van der Waals surface area contributed by atoms with Crippen LogP contribution in [0.4, 0.5) is 13.2 Å². The molecule has 0 spiro atoms. The van der Waals surface area contributed by atoms with Gasteiger partial charge in [-0.25, -0.2) is 0 Å². The van der Waals surface area contributed by atoms with Gasteiger partial charge in [-0.3, -0.25) is 4.21 Å². The molecule has 0 aliphatic carbocycles. The van der Waals surface area contributed by atoms with E-state index in [0.29, 0.717) is 22.2 Å². The van der Waals surface area contributed by atoms with E-state index in [1.807, 2.05) is 6.07 Å². The van der Waals surface area contributed by atoms with E-state index in [9.17, 15) is 17.4 Å². The van der Waals surface area contributed by atoms with Gasteiger partial charge >= 0.3 is 6.18 Å². The number of fused-ring (bicyclic) bond motifs is 1. The third kappa shape index (κ3) is 4.82. The van der Waals surface area contributed by atoms with Gasteiger partial charge in [-0.1, -0.05) is 12.1 Å². The van der Waals surface area contributed by atoms with Crippen LogP contribution in [0.3, 0.4) is 0 Å². The summed E-state index contributed by atoms with van der Waals surface area (Å²) in [6.45, 7) is 0.799. The van der Waals surface area contributed by atoms with E-state index >= 15 is 0 Å². The van der Waals surface area contributed by atoms with E-state index in [2.05, 4.69) is 27.8 Å². The van der Waals surface area contributed by atoms with Crippen LogP contribution in [-0.4, -0.2) is 27.5 Å². The van der Waals surface area contributed by atoms with Crippen LogP contribution in [0.5, 0.6) is 0 Å². The second-order valence-electron chi connectivity index (χ2n) is 7.16. The molecule has 3 heterocycles. The average molecular weight is 439 g/mol. The van der Waals surface area contributed by atoms with Crippen LogP contribution in [0.25, 0.3) is 16.5 Å². The van der Waals surface area contributed by atoms with Crippen molar-refractivity contribution in [3.05, 3.63) is 64.0 Å². The van der Waals surface area contributed by atoms with Gasteiger partial charge in [0.2, 0.25) is 0 Å². The highest BCUT2D eigenvalue weighted by Crippen LogP contribution is 2.32. The van der Waals surface area contributed by atoms with Crippen LogP contribution < -0.4 is 5.32 Å². The molecule has 4 rings (SSSR count). The molecule has 3 aromatic rings. The number of hydrogen-bond donors (Lipinski definition) is 2. The number of aromatic nitrogens is 1. The molecule has 0 radical (unpaired) electrons. The molecule has 154 valence electrons. The average Bonchev–Trinajstić information content (AvgIpc) is 3.36. The maximum atomic E-state index is 13.0. The Morgan fingerprint density at radius 2 is 2.10 bits per heavy atom. The van der Waals surface area contributed by atoms with Crippen LogP contribution in [0, 0.1) is 0 Å². The predicted octanol–water partition coefficient (Wildman–Crippen LogP) is 5.33. The predicted molar refractivity (Wildman–Crippen MR) is 113 cm³/mol. The number of nitrogens with one attached hydrogen (secondary N) is 2. The first-order valence-corrected chi connectivity index (χ1v) is 11.8. The summed E-state index contributed by atoms with van der Waals surface area (Å²) < 4.78 is 51.6. The van der Waals surface area contributed by atoms with Gasteiger partial charge < -0.3 is 10.3 Å². The Hall–Kier alpha value is -1.90. The summed E-state index contributed by atoms with van der Waals surface area (Å²) in [4.78, 5) is 4.25. The first-order chi connectivity index (χ1) is 13.9. The molecule has 2 N–H and O–H groups in total. The molecular formula is C21H21F3N2OS2. The third-order valence-corrected chi connectivity index (χ3v) is 7.43. The second kappa shape index (κ2) is 8.45. The van der Waals surface area contributed by atoms with Gasteiger partial charge in [0.1, 0.15) is 0 Å². The number of H-pyrrole nitrogens is 1. The van der Waals surface area contributed by atoms with Crippen molar-refractivity contribution in [2.24, 2.45) is 0 Å². The highest BCUT2D eigenvalue weighted by molar-refractivity contribution is 7.84. The molecule has 1 aliphatic rings. The molecule has 0 bridgehead atoms. The van der Waals surface area contributed by atoms with Crippen molar-refractivity contribution in [3.63, 3.8) is 0 Å². The van der Waals surface area contributed by atoms with Crippen molar-refractivity contribution in [3.8, 4) is 0 Å². The Morgan fingerprint density at radius 3 is 2.86 bits per heavy atom. The molecule has 0 amide bonds. The number of halogens is 3. The van der Waals surface area contributed by atoms with Gasteiger partial charge in [0.05, 0.1) is 11.3 Å². The van der Waals surface area contributed by atoms with Crippen LogP contribution in [-0.2, 0) is 22.7 Å². The van der Waals surface area contributed by atoms with Gasteiger partial charge in [-0.15, -0.1) is 11.3 Å². The van der Waals surface area contributed by atoms with Crippen LogP contribution in [0.1, 0.15) is 28.8 Å². The summed E-state index contributed by atoms with van der Waals surface area (Å²) in [5.74, 6) is 0.767. The molecular weight excluding hydrogens is 417 g/mol. The molecule has 1 aliphatic heterocycles. The molecule has 2 aromatic heterocycles.